The second kappa shape index (κ2) is 5.11. The lowest BCUT2D eigenvalue weighted by Crippen LogP contribution is -2.46. The molecule has 0 radical (unpaired) electrons. The number of ether oxygens (including phenoxy) is 1. The largest absolute Gasteiger partial charge is 0.438 e. The Balaban J connectivity index is 1.88. The summed E-state index contributed by atoms with van der Waals surface area (Å²) in [6.07, 6.45) is 4.32. The lowest BCUT2D eigenvalue weighted by atomic mass is 10.0. The SMILES string of the molecule is CN1C(=O)O[C@H](c2ccncc2)[C@H]1C(=O)N1CCCC1. The summed E-state index contributed by atoms with van der Waals surface area (Å²) < 4.78 is 5.36. The average molecular weight is 275 g/mol. The summed E-state index contributed by atoms with van der Waals surface area (Å²) in [6, 6.07) is 2.98. The fraction of sp³-hybridized carbons (Fsp3) is 0.500. The molecule has 2 aliphatic rings. The third-order valence-corrected chi connectivity index (χ3v) is 3.93. The quantitative estimate of drug-likeness (QED) is 0.813. The van der Waals surface area contributed by atoms with E-state index in [0.29, 0.717) is 0 Å². The predicted molar refractivity (Wildman–Crippen MR) is 70.8 cm³/mol. The fourth-order valence-electron chi connectivity index (χ4n) is 2.80. The van der Waals surface area contributed by atoms with E-state index in [4.69, 9.17) is 4.74 Å². The van der Waals surface area contributed by atoms with Crippen molar-refractivity contribution in [2.24, 2.45) is 0 Å². The Bertz CT molecular complexity index is 514. The number of likely N-dealkylation sites (N-methyl/N-ethyl adjacent to an activating group) is 1. The first-order chi connectivity index (χ1) is 9.68. The van der Waals surface area contributed by atoms with E-state index >= 15 is 0 Å². The molecule has 6 nitrogen and oxygen atoms in total. The lowest BCUT2D eigenvalue weighted by molar-refractivity contribution is -0.135. The van der Waals surface area contributed by atoms with Crippen molar-refractivity contribution in [3.8, 4) is 0 Å². The topological polar surface area (TPSA) is 62.7 Å². The molecular weight excluding hydrogens is 258 g/mol. The standard InChI is InChI=1S/C14H17N3O3/c1-16-11(13(18)17-8-2-3-9-17)12(20-14(16)19)10-4-6-15-7-5-10/h4-7,11-12H,2-3,8-9H2,1H3/t11-,12+/m0/s1. The van der Waals surface area contributed by atoms with Crippen molar-refractivity contribution in [2.45, 2.75) is 25.0 Å². The Morgan fingerprint density at radius 1 is 1.30 bits per heavy atom. The van der Waals surface area contributed by atoms with Gasteiger partial charge in [0.15, 0.2) is 12.1 Å². The van der Waals surface area contributed by atoms with Gasteiger partial charge in [-0.3, -0.25) is 14.7 Å². The van der Waals surface area contributed by atoms with E-state index in [0.717, 1.165) is 31.5 Å². The molecule has 1 aromatic heterocycles. The molecule has 106 valence electrons. The number of carbonyl (C=O) groups excluding carboxylic acids is 2. The zero-order valence-corrected chi connectivity index (χ0v) is 11.4. The first kappa shape index (κ1) is 12.9. The Morgan fingerprint density at radius 2 is 1.95 bits per heavy atom. The second-order valence-corrected chi connectivity index (χ2v) is 5.17. The van der Waals surface area contributed by atoms with E-state index in [1.807, 2.05) is 4.90 Å². The molecule has 2 aliphatic heterocycles. The zero-order chi connectivity index (χ0) is 14.1. The molecule has 0 N–H and O–H groups in total. The molecular formula is C14H17N3O3. The van der Waals surface area contributed by atoms with Crippen LogP contribution in [0, 0.1) is 0 Å². The first-order valence-corrected chi connectivity index (χ1v) is 6.80. The summed E-state index contributed by atoms with van der Waals surface area (Å²) in [5.74, 6) is -0.0299. The maximum Gasteiger partial charge on any atom is 0.411 e. The van der Waals surface area contributed by atoms with Crippen molar-refractivity contribution in [3.05, 3.63) is 30.1 Å². The predicted octanol–water partition coefficient (Wildman–Crippen LogP) is 1.20. The Morgan fingerprint density at radius 3 is 2.60 bits per heavy atom. The highest BCUT2D eigenvalue weighted by Gasteiger charge is 2.46. The molecule has 2 fully saturated rings. The van der Waals surface area contributed by atoms with Gasteiger partial charge in [-0.1, -0.05) is 0 Å². The zero-order valence-electron chi connectivity index (χ0n) is 11.4. The van der Waals surface area contributed by atoms with Gasteiger partial charge < -0.3 is 9.64 Å². The van der Waals surface area contributed by atoms with Crippen LogP contribution in [0.4, 0.5) is 4.79 Å². The second-order valence-electron chi connectivity index (χ2n) is 5.17. The Labute approximate surface area is 117 Å². The van der Waals surface area contributed by atoms with Gasteiger partial charge in [-0.2, -0.15) is 0 Å². The van der Waals surface area contributed by atoms with Crippen molar-refractivity contribution in [3.63, 3.8) is 0 Å². The highest BCUT2D eigenvalue weighted by Crippen LogP contribution is 2.33. The molecule has 2 atom stereocenters. The van der Waals surface area contributed by atoms with Crippen LogP contribution in [0.25, 0.3) is 0 Å². The third kappa shape index (κ3) is 2.11. The monoisotopic (exact) mass is 275 g/mol. The molecule has 0 unspecified atom stereocenters. The lowest BCUT2D eigenvalue weighted by Gasteiger charge is -2.25. The van der Waals surface area contributed by atoms with Gasteiger partial charge in [0.05, 0.1) is 0 Å². The number of hydrogen-bond donors (Lipinski definition) is 0. The van der Waals surface area contributed by atoms with E-state index in [2.05, 4.69) is 4.98 Å². The molecule has 2 saturated heterocycles. The summed E-state index contributed by atoms with van der Waals surface area (Å²) in [4.78, 5) is 31.6. The van der Waals surface area contributed by atoms with Crippen LogP contribution in [0.5, 0.6) is 0 Å². The molecule has 20 heavy (non-hydrogen) atoms. The Kier molecular flexibility index (Phi) is 3.30. The molecule has 3 heterocycles. The van der Waals surface area contributed by atoms with Gasteiger partial charge >= 0.3 is 6.09 Å². The van der Waals surface area contributed by atoms with Crippen molar-refractivity contribution < 1.29 is 14.3 Å². The van der Waals surface area contributed by atoms with E-state index < -0.39 is 18.2 Å². The van der Waals surface area contributed by atoms with Crippen LogP contribution in [0.2, 0.25) is 0 Å². The van der Waals surface area contributed by atoms with Gasteiger partial charge in [0, 0.05) is 32.5 Å². The van der Waals surface area contributed by atoms with E-state index in [-0.39, 0.29) is 5.91 Å². The molecule has 0 aromatic carbocycles. The minimum Gasteiger partial charge on any atom is -0.438 e. The van der Waals surface area contributed by atoms with Crippen LogP contribution >= 0.6 is 0 Å². The summed E-state index contributed by atoms with van der Waals surface area (Å²) >= 11 is 0. The third-order valence-electron chi connectivity index (χ3n) is 3.93. The van der Waals surface area contributed by atoms with Crippen molar-refractivity contribution in [1.82, 2.24) is 14.8 Å². The normalized spacial score (nSPS) is 25.9. The summed E-state index contributed by atoms with van der Waals surface area (Å²) in [7, 11) is 1.61. The first-order valence-electron chi connectivity index (χ1n) is 6.80. The number of likely N-dealkylation sites (tertiary alicyclic amines) is 1. The highest BCUT2D eigenvalue weighted by atomic mass is 16.6. The molecule has 0 bridgehead atoms. The number of hydrogen-bond acceptors (Lipinski definition) is 4. The van der Waals surface area contributed by atoms with Crippen LogP contribution in [0.15, 0.2) is 24.5 Å². The van der Waals surface area contributed by atoms with Crippen molar-refractivity contribution in [1.29, 1.82) is 0 Å². The van der Waals surface area contributed by atoms with Crippen LogP contribution in [0.1, 0.15) is 24.5 Å². The van der Waals surface area contributed by atoms with Crippen molar-refractivity contribution >= 4 is 12.0 Å². The molecule has 0 aliphatic carbocycles. The summed E-state index contributed by atoms with van der Waals surface area (Å²) in [5, 5.41) is 0. The Hall–Kier alpha value is -2.11. The van der Waals surface area contributed by atoms with Gasteiger partial charge in [-0.05, 0) is 30.5 Å². The van der Waals surface area contributed by atoms with Crippen molar-refractivity contribution in [2.75, 3.05) is 20.1 Å². The average Bonchev–Trinajstić information content (AvgIpc) is 3.09. The summed E-state index contributed by atoms with van der Waals surface area (Å²) in [5.41, 5.74) is 0.801. The van der Waals surface area contributed by atoms with Gasteiger partial charge in [-0.15, -0.1) is 0 Å². The molecule has 1 aromatic rings. The number of pyridine rings is 1. The molecule has 2 amide bonds. The van der Waals surface area contributed by atoms with Gasteiger partial charge in [0.2, 0.25) is 5.91 Å². The molecule has 0 saturated carbocycles. The number of carbonyl (C=O) groups is 2. The summed E-state index contributed by atoms with van der Waals surface area (Å²) in [6.45, 7) is 1.53. The fourth-order valence-corrected chi connectivity index (χ4v) is 2.80. The molecule has 0 spiro atoms. The minimum absolute atomic E-state index is 0.0299. The van der Waals surface area contributed by atoms with E-state index in [1.54, 1.807) is 31.6 Å². The number of rotatable bonds is 2. The number of aromatic nitrogens is 1. The van der Waals surface area contributed by atoms with E-state index in [1.165, 1.54) is 4.90 Å². The molecule has 6 heteroatoms. The van der Waals surface area contributed by atoms with E-state index in [9.17, 15) is 9.59 Å². The van der Waals surface area contributed by atoms with Gasteiger partial charge in [0.25, 0.3) is 0 Å². The van der Waals surface area contributed by atoms with Gasteiger partial charge in [0.1, 0.15) is 0 Å². The van der Waals surface area contributed by atoms with Gasteiger partial charge in [-0.25, -0.2) is 4.79 Å². The smallest absolute Gasteiger partial charge is 0.411 e. The highest BCUT2D eigenvalue weighted by molar-refractivity contribution is 5.89. The number of cyclic esters (lactones) is 1. The van der Waals surface area contributed by atoms with Crippen LogP contribution in [-0.4, -0.2) is 53.0 Å². The number of nitrogens with zero attached hydrogens (tertiary/aromatic N) is 3. The van der Waals surface area contributed by atoms with Crippen LogP contribution in [0.3, 0.4) is 0 Å². The van der Waals surface area contributed by atoms with Crippen LogP contribution < -0.4 is 0 Å². The minimum atomic E-state index is -0.581. The maximum absolute atomic E-state index is 12.6. The maximum atomic E-state index is 12.6. The number of amides is 2. The molecule has 3 rings (SSSR count). The van der Waals surface area contributed by atoms with Crippen LogP contribution in [-0.2, 0) is 9.53 Å².